The van der Waals surface area contributed by atoms with Crippen LogP contribution in [0.5, 0.6) is 0 Å². The van der Waals surface area contributed by atoms with Gasteiger partial charge in [-0.05, 0) is 6.92 Å². The van der Waals surface area contributed by atoms with Crippen molar-refractivity contribution in [2.24, 2.45) is 4.99 Å². The summed E-state index contributed by atoms with van der Waals surface area (Å²) in [5.41, 5.74) is 0.560. The fourth-order valence-corrected chi connectivity index (χ4v) is 0.920. The lowest BCUT2D eigenvalue weighted by Crippen LogP contribution is -2.02. The molecule has 0 aromatic carbocycles. The van der Waals surface area contributed by atoms with Crippen LogP contribution in [0.2, 0.25) is 0 Å². The van der Waals surface area contributed by atoms with Gasteiger partial charge in [-0.2, -0.15) is 0 Å². The molecule has 0 spiro atoms. The Morgan fingerprint density at radius 1 is 1.75 bits per heavy atom. The molecule has 0 unspecified atom stereocenters. The van der Waals surface area contributed by atoms with Gasteiger partial charge in [-0.3, -0.25) is 4.79 Å². The van der Waals surface area contributed by atoms with Crippen molar-refractivity contribution in [3.8, 4) is 12.3 Å². The van der Waals surface area contributed by atoms with Gasteiger partial charge in [0.05, 0.1) is 18.7 Å². The van der Waals surface area contributed by atoms with E-state index in [0.29, 0.717) is 24.5 Å². The summed E-state index contributed by atoms with van der Waals surface area (Å²) in [4.78, 5) is 14.5. The largest absolute Gasteiger partial charge is 0.492 e. The summed E-state index contributed by atoms with van der Waals surface area (Å²) in [7, 11) is 0. The molecule has 0 fully saturated rings. The van der Waals surface area contributed by atoms with Gasteiger partial charge < -0.3 is 4.74 Å². The standard InChI is InChI=1S/C9H9NO2/c1-3-5-7-8(12-4-2)6-9(11)10-7/h1,6H,4-5H2,2H3. The molecule has 62 valence electrons. The Hall–Kier alpha value is -1.56. The molecule has 0 saturated carbocycles. The highest BCUT2D eigenvalue weighted by Gasteiger charge is 2.16. The van der Waals surface area contributed by atoms with Gasteiger partial charge in [0.2, 0.25) is 0 Å². The minimum atomic E-state index is -0.288. The summed E-state index contributed by atoms with van der Waals surface area (Å²) in [6, 6.07) is 0. The summed E-state index contributed by atoms with van der Waals surface area (Å²) in [5, 5.41) is 0. The molecule has 0 atom stereocenters. The Labute approximate surface area is 71.1 Å². The summed E-state index contributed by atoms with van der Waals surface area (Å²) >= 11 is 0. The van der Waals surface area contributed by atoms with Gasteiger partial charge in [-0.1, -0.05) is 0 Å². The molecule has 0 aromatic rings. The van der Waals surface area contributed by atoms with Crippen LogP contribution >= 0.6 is 0 Å². The highest BCUT2D eigenvalue weighted by molar-refractivity contribution is 6.16. The number of nitrogens with zero attached hydrogens (tertiary/aromatic N) is 1. The van der Waals surface area contributed by atoms with Crippen LogP contribution in [0.3, 0.4) is 0 Å². The van der Waals surface area contributed by atoms with Crippen LogP contribution in [-0.4, -0.2) is 18.2 Å². The summed E-state index contributed by atoms with van der Waals surface area (Å²) in [5.74, 6) is 2.64. The fourth-order valence-electron chi connectivity index (χ4n) is 0.920. The normalized spacial score (nSPS) is 15.2. The van der Waals surface area contributed by atoms with E-state index in [0.717, 1.165) is 0 Å². The topological polar surface area (TPSA) is 38.7 Å². The zero-order valence-electron chi connectivity index (χ0n) is 6.83. The van der Waals surface area contributed by atoms with Gasteiger partial charge in [0.25, 0.3) is 5.91 Å². The Morgan fingerprint density at radius 2 is 2.50 bits per heavy atom. The average Bonchev–Trinajstić information content (AvgIpc) is 2.33. The molecule has 0 aromatic heterocycles. The van der Waals surface area contributed by atoms with Gasteiger partial charge in [-0.15, -0.1) is 12.3 Å². The lowest BCUT2D eigenvalue weighted by molar-refractivity contribution is -0.113. The molecule has 0 saturated heterocycles. The third-order valence-corrected chi connectivity index (χ3v) is 1.35. The van der Waals surface area contributed by atoms with E-state index in [-0.39, 0.29) is 5.91 Å². The van der Waals surface area contributed by atoms with Crippen molar-refractivity contribution < 1.29 is 9.53 Å². The third-order valence-electron chi connectivity index (χ3n) is 1.35. The summed E-state index contributed by atoms with van der Waals surface area (Å²) in [6.07, 6.45) is 6.79. The number of carbonyl (C=O) groups excluding carboxylic acids is 1. The lowest BCUT2D eigenvalue weighted by Gasteiger charge is -2.03. The number of aliphatic imine (C=N–C) groups is 1. The molecule has 3 heteroatoms. The van der Waals surface area contributed by atoms with Crippen LogP contribution in [0.15, 0.2) is 16.8 Å². The predicted molar refractivity (Wildman–Crippen MR) is 45.6 cm³/mol. The van der Waals surface area contributed by atoms with Crippen LogP contribution in [0.1, 0.15) is 13.3 Å². The van der Waals surface area contributed by atoms with Crippen molar-refractivity contribution in [2.75, 3.05) is 6.61 Å². The van der Waals surface area contributed by atoms with Crippen molar-refractivity contribution in [1.82, 2.24) is 0 Å². The fraction of sp³-hybridized carbons (Fsp3) is 0.333. The number of carbonyl (C=O) groups is 1. The first-order chi connectivity index (χ1) is 5.77. The van der Waals surface area contributed by atoms with Crippen molar-refractivity contribution in [1.29, 1.82) is 0 Å². The van der Waals surface area contributed by atoms with Gasteiger partial charge in [-0.25, -0.2) is 4.99 Å². The number of terminal acetylenes is 1. The Kier molecular flexibility index (Phi) is 2.65. The summed E-state index contributed by atoms with van der Waals surface area (Å²) < 4.78 is 5.15. The van der Waals surface area contributed by atoms with E-state index in [1.54, 1.807) is 0 Å². The van der Waals surface area contributed by atoms with E-state index in [1.165, 1.54) is 6.08 Å². The quantitative estimate of drug-likeness (QED) is 0.580. The van der Waals surface area contributed by atoms with Crippen LogP contribution in [-0.2, 0) is 9.53 Å². The van der Waals surface area contributed by atoms with E-state index in [2.05, 4.69) is 10.9 Å². The van der Waals surface area contributed by atoms with Crippen molar-refractivity contribution in [2.45, 2.75) is 13.3 Å². The molecule has 1 rings (SSSR count). The highest BCUT2D eigenvalue weighted by atomic mass is 16.5. The molecule has 0 radical (unpaired) electrons. The lowest BCUT2D eigenvalue weighted by atomic mass is 10.2. The molecule has 12 heavy (non-hydrogen) atoms. The minimum absolute atomic E-state index is 0.288. The molecule has 1 aliphatic heterocycles. The van der Waals surface area contributed by atoms with Crippen molar-refractivity contribution in [3.05, 3.63) is 11.8 Å². The zero-order chi connectivity index (χ0) is 8.97. The SMILES string of the molecule is C#CCC1=NC(=O)C=C1OCC. The average molecular weight is 163 g/mol. The number of ether oxygens (including phenoxy) is 1. The molecule has 0 N–H and O–H groups in total. The number of amides is 1. The molecule has 1 heterocycles. The predicted octanol–water partition coefficient (Wildman–Crippen LogP) is 0.911. The third kappa shape index (κ3) is 1.73. The van der Waals surface area contributed by atoms with E-state index in [1.807, 2.05) is 6.92 Å². The highest BCUT2D eigenvalue weighted by Crippen LogP contribution is 2.11. The maximum absolute atomic E-state index is 10.8. The number of hydrogen-bond donors (Lipinski definition) is 0. The van der Waals surface area contributed by atoms with E-state index >= 15 is 0 Å². The summed E-state index contributed by atoms with van der Waals surface area (Å²) in [6.45, 7) is 2.36. The second-order valence-corrected chi connectivity index (χ2v) is 2.22. The van der Waals surface area contributed by atoms with Crippen LogP contribution in [0.4, 0.5) is 0 Å². The maximum Gasteiger partial charge on any atom is 0.273 e. The van der Waals surface area contributed by atoms with Crippen molar-refractivity contribution >= 4 is 11.6 Å². The van der Waals surface area contributed by atoms with Crippen LogP contribution in [0.25, 0.3) is 0 Å². The molecule has 0 aliphatic carbocycles. The Bertz CT molecular complexity index is 294. The minimum Gasteiger partial charge on any atom is -0.492 e. The molecular weight excluding hydrogens is 154 g/mol. The van der Waals surface area contributed by atoms with Gasteiger partial charge in [0.1, 0.15) is 5.76 Å². The molecule has 0 bridgehead atoms. The molecule has 3 nitrogen and oxygen atoms in total. The van der Waals surface area contributed by atoms with Gasteiger partial charge in [0, 0.05) is 6.08 Å². The number of rotatable bonds is 3. The van der Waals surface area contributed by atoms with Gasteiger partial charge >= 0.3 is 0 Å². The van der Waals surface area contributed by atoms with E-state index < -0.39 is 0 Å². The molecule has 1 amide bonds. The van der Waals surface area contributed by atoms with Crippen LogP contribution < -0.4 is 0 Å². The number of allylic oxidation sites excluding steroid dienone is 1. The first-order valence-electron chi connectivity index (χ1n) is 3.67. The zero-order valence-corrected chi connectivity index (χ0v) is 6.83. The van der Waals surface area contributed by atoms with Crippen LogP contribution in [0, 0.1) is 12.3 Å². The van der Waals surface area contributed by atoms with E-state index in [9.17, 15) is 4.79 Å². The second kappa shape index (κ2) is 3.72. The maximum atomic E-state index is 10.8. The Morgan fingerprint density at radius 3 is 3.08 bits per heavy atom. The smallest absolute Gasteiger partial charge is 0.273 e. The first-order valence-corrected chi connectivity index (χ1v) is 3.67. The second-order valence-electron chi connectivity index (χ2n) is 2.22. The number of hydrogen-bond acceptors (Lipinski definition) is 2. The monoisotopic (exact) mass is 163 g/mol. The van der Waals surface area contributed by atoms with Gasteiger partial charge in [0.15, 0.2) is 0 Å². The Balaban J connectivity index is 2.74. The first kappa shape index (κ1) is 8.54. The molecular formula is C9H9NO2. The van der Waals surface area contributed by atoms with Crippen molar-refractivity contribution in [3.63, 3.8) is 0 Å². The molecule has 1 aliphatic rings. The van der Waals surface area contributed by atoms with E-state index in [4.69, 9.17) is 11.2 Å².